The van der Waals surface area contributed by atoms with Gasteiger partial charge in [0.25, 0.3) is 0 Å². The van der Waals surface area contributed by atoms with Gasteiger partial charge in [0, 0.05) is 0 Å². The van der Waals surface area contributed by atoms with Crippen LogP contribution >= 0.6 is 0 Å². The van der Waals surface area contributed by atoms with E-state index in [2.05, 4.69) is 13.0 Å². The maximum Gasteiger partial charge on any atom is 0.346 e. The van der Waals surface area contributed by atoms with Crippen molar-refractivity contribution in [2.45, 2.75) is 52.4 Å². The molecule has 19 heavy (non-hydrogen) atoms. The Bertz CT molecular complexity index is 397. The van der Waals surface area contributed by atoms with E-state index in [1.807, 2.05) is 13.0 Å². The fourth-order valence-corrected chi connectivity index (χ4v) is 1.56. The topological polar surface area (TPSA) is 61.1 Å². The van der Waals surface area contributed by atoms with Crippen LogP contribution < -0.4 is 0 Å². The van der Waals surface area contributed by atoms with Crippen LogP contribution in [-0.2, 0) is 4.79 Å². The predicted molar refractivity (Wildman–Crippen MR) is 77.6 cm³/mol. The van der Waals surface area contributed by atoms with Crippen LogP contribution in [0.5, 0.6) is 0 Å². The Hall–Kier alpha value is -1.82. The molecule has 0 aliphatic heterocycles. The van der Waals surface area contributed by atoms with Crippen molar-refractivity contribution in [3.63, 3.8) is 0 Å². The van der Waals surface area contributed by atoms with Gasteiger partial charge in [-0.25, -0.2) is 4.79 Å². The quantitative estimate of drug-likeness (QED) is 0.290. The number of carboxylic acid groups (broad SMARTS) is 1. The highest BCUT2D eigenvalue weighted by atomic mass is 16.4. The number of carboxylic acids is 1. The highest BCUT2D eigenvalue weighted by Crippen LogP contribution is 2.06. The lowest BCUT2D eigenvalue weighted by molar-refractivity contribution is -0.132. The molecule has 0 radical (unpaired) electrons. The Morgan fingerprint density at radius 1 is 1.21 bits per heavy atom. The second kappa shape index (κ2) is 11.3. The first-order chi connectivity index (χ1) is 9.11. The van der Waals surface area contributed by atoms with Crippen molar-refractivity contribution in [3.8, 4) is 6.07 Å². The summed E-state index contributed by atoms with van der Waals surface area (Å²) in [5.41, 5.74) is 0.704. The van der Waals surface area contributed by atoms with Gasteiger partial charge in [-0.2, -0.15) is 5.26 Å². The van der Waals surface area contributed by atoms with Crippen molar-refractivity contribution in [2.24, 2.45) is 0 Å². The van der Waals surface area contributed by atoms with E-state index in [1.54, 1.807) is 12.1 Å². The van der Waals surface area contributed by atoms with Gasteiger partial charge < -0.3 is 5.11 Å². The summed E-state index contributed by atoms with van der Waals surface area (Å²) in [6.45, 7) is 4.09. The first kappa shape index (κ1) is 17.2. The fourth-order valence-electron chi connectivity index (χ4n) is 1.56. The maximum atomic E-state index is 10.6. The van der Waals surface area contributed by atoms with Crippen LogP contribution in [-0.4, -0.2) is 11.1 Å². The van der Waals surface area contributed by atoms with Gasteiger partial charge >= 0.3 is 5.97 Å². The molecule has 0 saturated heterocycles. The molecule has 0 rings (SSSR count). The zero-order chi connectivity index (χ0) is 14.5. The van der Waals surface area contributed by atoms with Crippen molar-refractivity contribution in [1.82, 2.24) is 0 Å². The van der Waals surface area contributed by atoms with Crippen LogP contribution in [0.2, 0.25) is 0 Å². The summed E-state index contributed by atoms with van der Waals surface area (Å²) in [7, 11) is 0. The summed E-state index contributed by atoms with van der Waals surface area (Å²) in [5.74, 6) is -1.19. The molecule has 0 aliphatic carbocycles. The van der Waals surface area contributed by atoms with Crippen molar-refractivity contribution < 1.29 is 9.90 Å². The largest absolute Gasteiger partial charge is 0.477 e. The predicted octanol–water partition coefficient (Wildman–Crippen LogP) is 4.38. The molecule has 0 heterocycles. The first-order valence-corrected chi connectivity index (χ1v) is 6.80. The van der Waals surface area contributed by atoms with Gasteiger partial charge in [0.1, 0.15) is 11.6 Å². The van der Waals surface area contributed by atoms with E-state index in [1.165, 1.54) is 38.2 Å². The minimum Gasteiger partial charge on any atom is -0.477 e. The van der Waals surface area contributed by atoms with Crippen LogP contribution in [0, 0.1) is 11.3 Å². The Kier molecular flexibility index (Phi) is 10.2. The Balaban J connectivity index is 4.05. The highest BCUT2D eigenvalue weighted by molar-refractivity contribution is 5.91. The van der Waals surface area contributed by atoms with Crippen LogP contribution in [0.1, 0.15) is 52.4 Å². The number of aliphatic carboxylic acids is 1. The molecule has 0 saturated carbocycles. The minimum atomic E-state index is -1.19. The molecule has 0 bridgehead atoms. The van der Waals surface area contributed by atoms with Crippen LogP contribution in [0.3, 0.4) is 0 Å². The molecule has 3 nitrogen and oxygen atoms in total. The normalized spacial score (nSPS) is 12.7. The van der Waals surface area contributed by atoms with Gasteiger partial charge in [0.15, 0.2) is 0 Å². The average Bonchev–Trinajstić information content (AvgIpc) is 2.38. The van der Waals surface area contributed by atoms with Gasteiger partial charge in [-0.1, -0.05) is 56.4 Å². The van der Waals surface area contributed by atoms with Gasteiger partial charge in [0.2, 0.25) is 0 Å². The monoisotopic (exact) mass is 261 g/mol. The van der Waals surface area contributed by atoms with Crippen molar-refractivity contribution in [2.75, 3.05) is 0 Å². The third kappa shape index (κ3) is 9.84. The van der Waals surface area contributed by atoms with E-state index in [4.69, 9.17) is 10.4 Å². The lowest BCUT2D eigenvalue weighted by Gasteiger charge is -1.96. The molecule has 0 aliphatic rings. The standard InChI is InChI=1S/C16H23NO2/c1-3-4-5-6-7-8-9-10-14(2)11-12-15(13-17)16(18)19/h9-12H,3-8H2,1-2H3,(H,18,19). The lowest BCUT2D eigenvalue weighted by Crippen LogP contribution is -1.96. The lowest BCUT2D eigenvalue weighted by atomic mass is 10.1. The number of hydrogen-bond donors (Lipinski definition) is 1. The van der Waals surface area contributed by atoms with Crippen molar-refractivity contribution in [3.05, 3.63) is 35.5 Å². The third-order valence-corrected chi connectivity index (χ3v) is 2.72. The molecule has 0 aromatic carbocycles. The summed E-state index contributed by atoms with van der Waals surface area (Å²) >= 11 is 0. The zero-order valence-corrected chi connectivity index (χ0v) is 11.9. The van der Waals surface area contributed by atoms with Gasteiger partial charge in [-0.15, -0.1) is 0 Å². The van der Waals surface area contributed by atoms with Crippen molar-refractivity contribution >= 4 is 5.97 Å². The Morgan fingerprint density at radius 2 is 1.89 bits per heavy atom. The van der Waals surface area contributed by atoms with E-state index in [-0.39, 0.29) is 5.57 Å². The van der Waals surface area contributed by atoms with E-state index in [0.29, 0.717) is 0 Å². The smallest absolute Gasteiger partial charge is 0.346 e. The molecule has 1 N–H and O–H groups in total. The zero-order valence-electron chi connectivity index (χ0n) is 11.9. The van der Waals surface area contributed by atoms with Gasteiger partial charge in [-0.3, -0.25) is 0 Å². The first-order valence-electron chi connectivity index (χ1n) is 6.80. The highest BCUT2D eigenvalue weighted by Gasteiger charge is 2.02. The van der Waals surface area contributed by atoms with Crippen LogP contribution in [0.4, 0.5) is 0 Å². The molecule has 0 aromatic rings. The molecule has 0 unspecified atom stereocenters. The van der Waals surface area contributed by atoms with E-state index in [0.717, 1.165) is 12.0 Å². The molecular weight excluding hydrogens is 238 g/mol. The molecule has 0 amide bonds. The summed E-state index contributed by atoms with van der Waals surface area (Å²) in [5, 5.41) is 17.2. The SMILES string of the molecule is CCCCCCCC=CC(C)=CC=C(C#N)C(=O)O. The number of hydrogen-bond acceptors (Lipinski definition) is 2. The molecule has 104 valence electrons. The third-order valence-electron chi connectivity index (χ3n) is 2.72. The molecule has 3 heteroatoms. The molecule has 0 spiro atoms. The average molecular weight is 261 g/mol. The van der Waals surface area contributed by atoms with Gasteiger partial charge in [-0.05, 0) is 25.8 Å². The summed E-state index contributed by atoms with van der Waals surface area (Å²) < 4.78 is 0. The van der Waals surface area contributed by atoms with E-state index in [9.17, 15) is 4.79 Å². The summed E-state index contributed by atoms with van der Waals surface area (Å²) in [6.07, 6.45) is 14.4. The summed E-state index contributed by atoms with van der Waals surface area (Å²) in [6, 6.07) is 1.65. The number of allylic oxidation sites excluding steroid dienone is 5. The van der Waals surface area contributed by atoms with Crippen molar-refractivity contribution in [1.29, 1.82) is 5.26 Å². The van der Waals surface area contributed by atoms with Crippen LogP contribution in [0.25, 0.3) is 0 Å². The Morgan fingerprint density at radius 3 is 2.47 bits per heavy atom. The molecule has 0 atom stereocenters. The number of nitrogens with zero attached hydrogens (tertiary/aromatic N) is 1. The molecule has 0 aromatic heterocycles. The fraction of sp³-hybridized carbons (Fsp3) is 0.500. The van der Waals surface area contributed by atoms with E-state index >= 15 is 0 Å². The molecular formula is C16H23NO2. The number of nitriles is 1. The number of carbonyl (C=O) groups is 1. The van der Waals surface area contributed by atoms with E-state index < -0.39 is 5.97 Å². The minimum absolute atomic E-state index is 0.243. The summed E-state index contributed by atoms with van der Waals surface area (Å²) in [4.78, 5) is 10.6. The molecule has 0 fully saturated rings. The Labute approximate surface area is 115 Å². The second-order valence-corrected chi connectivity index (χ2v) is 4.51. The van der Waals surface area contributed by atoms with Crippen LogP contribution in [0.15, 0.2) is 35.5 Å². The number of unbranched alkanes of at least 4 members (excludes halogenated alkanes) is 5. The van der Waals surface area contributed by atoms with Gasteiger partial charge in [0.05, 0.1) is 0 Å². The second-order valence-electron chi connectivity index (χ2n) is 4.51. The maximum absolute atomic E-state index is 10.6. The number of rotatable bonds is 9.